The zero-order chi connectivity index (χ0) is 59.0. The Morgan fingerprint density at radius 3 is 0.966 bits per heavy atom. The first-order valence-electron chi connectivity index (χ1n) is 30.3. The Balaban J connectivity index is 0.977. The fraction of sp³-hybridized carbons (Fsp3) is 0.0976. The summed E-state index contributed by atoms with van der Waals surface area (Å²) in [4.78, 5) is 4.61. The number of para-hydroxylation sites is 4. The molecule has 0 bridgehead atoms. The maximum absolute atomic E-state index is 7.43. The first kappa shape index (κ1) is 53.4. The predicted molar refractivity (Wildman–Crippen MR) is 368 cm³/mol. The van der Waals surface area contributed by atoms with E-state index in [0.717, 1.165) is 95.8 Å². The number of anilines is 6. The molecule has 0 radical (unpaired) electrons. The van der Waals surface area contributed by atoms with E-state index in [9.17, 15) is 0 Å². The molecule has 2 aliphatic rings. The van der Waals surface area contributed by atoms with Gasteiger partial charge in [-0.05, 0) is 190 Å². The Morgan fingerprint density at radius 1 is 0.264 bits per heavy atom. The molecule has 0 saturated heterocycles. The summed E-state index contributed by atoms with van der Waals surface area (Å²) in [5, 5.41) is 4.83. The topological polar surface area (TPSA) is 24.9 Å². The van der Waals surface area contributed by atoms with Gasteiger partial charge in [0.25, 0.3) is 6.71 Å². The van der Waals surface area contributed by atoms with Gasteiger partial charge in [0.2, 0.25) is 0 Å². The Hall–Kier alpha value is -10.4. The minimum Gasteiger partial charge on any atom is -0.458 e. The highest BCUT2D eigenvalue weighted by Crippen LogP contribution is 2.49. The smallest absolute Gasteiger partial charge is 0.260 e. The average molecular weight is 1120 g/mol. The highest BCUT2D eigenvalue weighted by atomic mass is 16.5. The average Bonchev–Trinajstić information content (AvgIpc) is 0.980. The highest BCUT2D eigenvalue weighted by molar-refractivity contribution is 6.98. The highest BCUT2D eigenvalue weighted by Gasteiger charge is 2.41. The summed E-state index contributed by atoms with van der Waals surface area (Å²) in [6, 6.07) is 104. The largest absolute Gasteiger partial charge is 0.458 e. The lowest BCUT2D eigenvalue weighted by Crippen LogP contribution is -2.57. The Kier molecular flexibility index (Phi) is 13.1. The van der Waals surface area contributed by atoms with Crippen molar-refractivity contribution < 1.29 is 9.47 Å². The number of rotatable bonds is 10. The molecule has 5 heteroatoms. The molecule has 13 aromatic rings. The van der Waals surface area contributed by atoms with Crippen LogP contribution in [0.4, 0.5) is 34.1 Å². The van der Waals surface area contributed by atoms with Gasteiger partial charge < -0.3 is 19.3 Å². The van der Waals surface area contributed by atoms with Crippen molar-refractivity contribution in [3.05, 3.63) is 296 Å². The number of hydrogen-bond donors (Lipinski definition) is 0. The summed E-state index contributed by atoms with van der Waals surface area (Å²) in [5.74, 6) is 3.15. The van der Waals surface area contributed by atoms with Crippen molar-refractivity contribution in [1.29, 1.82) is 0 Å². The second kappa shape index (κ2) is 21.3. The van der Waals surface area contributed by atoms with Crippen molar-refractivity contribution in [3.8, 4) is 67.5 Å². The van der Waals surface area contributed by atoms with Crippen molar-refractivity contribution >= 4 is 78.8 Å². The van der Waals surface area contributed by atoms with Crippen molar-refractivity contribution in [2.75, 3.05) is 9.80 Å². The van der Waals surface area contributed by atoms with Crippen LogP contribution in [0.1, 0.15) is 52.7 Å². The molecular formula is C82H65BN2O2. The molecule has 0 aromatic heterocycles. The third-order valence-electron chi connectivity index (χ3n) is 17.6. The third kappa shape index (κ3) is 9.70. The van der Waals surface area contributed by atoms with Crippen LogP contribution in [0.25, 0.3) is 66.1 Å². The molecule has 13 aromatic carbocycles. The molecule has 2 heterocycles. The minimum absolute atomic E-state index is 0.0900. The van der Waals surface area contributed by atoms with Crippen LogP contribution in [0.3, 0.4) is 0 Å². The van der Waals surface area contributed by atoms with Gasteiger partial charge in [-0.25, -0.2) is 0 Å². The molecule has 0 N–H and O–H groups in total. The fourth-order valence-corrected chi connectivity index (χ4v) is 13.2. The molecule has 2 aliphatic heterocycles. The number of benzene rings is 13. The van der Waals surface area contributed by atoms with Gasteiger partial charge in [-0.1, -0.05) is 224 Å². The van der Waals surface area contributed by atoms with Crippen molar-refractivity contribution in [2.24, 2.45) is 0 Å². The molecule has 0 atom stereocenters. The van der Waals surface area contributed by atoms with Crippen molar-refractivity contribution in [3.63, 3.8) is 0 Å². The predicted octanol–water partition coefficient (Wildman–Crippen LogP) is 20.9. The lowest BCUT2D eigenvalue weighted by molar-refractivity contribution is 0.465. The van der Waals surface area contributed by atoms with Gasteiger partial charge in [-0.2, -0.15) is 0 Å². The first-order valence-corrected chi connectivity index (χ1v) is 30.3. The van der Waals surface area contributed by atoms with E-state index in [2.05, 4.69) is 336 Å². The molecule has 418 valence electrons. The Labute approximate surface area is 511 Å². The molecule has 0 amide bonds. The molecule has 0 spiro atoms. The molecule has 0 aliphatic carbocycles. The van der Waals surface area contributed by atoms with E-state index in [0.29, 0.717) is 0 Å². The van der Waals surface area contributed by atoms with Gasteiger partial charge in [-0.3, -0.25) is 0 Å². The van der Waals surface area contributed by atoms with Crippen LogP contribution in [-0.2, 0) is 10.8 Å². The zero-order valence-electron chi connectivity index (χ0n) is 49.9. The molecule has 0 unspecified atom stereocenters. The summed E-state index contributed by atoms with van der Waals surface area (Å²) in [6.07, 6.45) is 0. The molecular weight excluding hydrogens is 1060 g/mol. The Morgan fingerprint density at radius 2 is 0.586 bits per heavy atom. The van der Waals surface area contributed by atoms with Crippen molar-refractivity contribution in [2.45, 2.75) is 52.4 Å². The van der Waals surface area contributed by atoms with Gasteiger partial charge in [0, 0.05) is 51.7 Å². The van der Waals surface area contributed by atoms with E-state index < -0.39 is 0 Å². The van der Waals surface area contributed by atoms with Gasteiger partial charge in [0.1, 0.15) is 23.0 Å². The van der Waals surface area contributed by atoms with E-state index in [-0.39, 0.29) is 17.5 Å². The van der Waals surface area contributed by atoms with E-state index >= 15 is 0 Å². The number of nitrogens with zero attached hydrogens (tertiary/aromatic N) is 2. The second-order valence-corrected chi connectivity index (χ2v) is 25.3. The van der Waals surface area contributed by atoms with Gasteiger partial charge in [0.15, 0.2) is 0 Å². The molecule has 0 fully saturated rings. The fourth-order valence-electron chi connectivity index (χ4n) is 13.2. The van der Waals surface area contributed by atoms with E-state index in [1.54, 1.807) is 0 Å². The molecule has 15 rings (SSSR count). The maximum atomic E-state index is 7.43. The van der Waals surface area contributed by atoms with Crippen LogP contribution in [0.2, 0.25) is 0 Å². The summed E-state index contributed by atoms with van der Waals surface area (Å²) in [7, 11) is 0. The monoisotopic (exact) mass is 1120 g/mol. The van der Waals surface area contributed by atoms with Gasteiger partial charge in [-0.15, -0.1) is 0 Å². The first-order chi connectivity index (χ1) is 42.4. The summed E-state index contributed by atoms with van der Waals surface area (Å²) in [5.41, 5.74) is 21.0. The van der Waals surface area contributed by atoms with Crippen LogP contribution in [-0.4, -0.2) is 6.71 Å². The standard InChI is InChI=1S/C82H65BN2O2/c1-81(2,3)60-47-57(48-61(51-60)82(4,5)6)55-44-56(46-59(45-55)79-70-38-24-22-36-68(70)78(54-26-12-7-13-27-54)69-37-23-25-39-71(69)79)58-49-76-80-77(50-58)87-75-53-67(85(64-32-18-10-19-33-64)65-34-20-11-21-35-65)41-43-73(75)83(80)72-42-40-66(52-74(72)86-76)84(62-28-14-8-15-29-62)63-30-16-9-17-31-63/h7-53H,1-6H3. The SMILES string of the molecule is CC(C)(C)c1cc(-c2cc(-c3cc4c5c(c3)Oc3cc(N(c6ccccc6)c6ccccc6)ccc3B5c3ccc(N(c5ccccc5)c5ccccc5)cc3O4)cc(-c3c4ccccc4c(-c4ccccc4)c4ccccc34)c2)cc(C(C)(C)C)c1. The summed E-state index contributed by atoms with van der Waals surface area (Å²) in [6.45, 7) is 13.7. The number of hydrogen-bond acceptors (Lipinski definition) is 4. The second-order valence-electron chi connectivity index (χ2n) is 25.3. The maximum Gasteiger partial charge on any atom is 0.260 e. The minimum atomic E-state index is -0.192. The van der Waals surface area contributed by atoms with E-state index in [1.807, 2.05) is 0 Å². The van der Waals surface area contributed by atoms with Crippen LogP contribution in [0.5, 0.6) is 23.0 Å². The van der Waals surface area contributed by atoms with E-state index in [4.69, 9.17) is 9.47 Å². The summed E-state index contributed by atoms with van der Waals surface area (Å²) < 4.78 is 14.9. The number of fused-ring (bicyclic) bond motifs is 6. The van der Waals surface area contributed by atoms with Crippen LogP contribution >= 0.6 is 0 Å². The van der Waals surface area contributed by atoms with Crippen molar-refractivity contribution in [1.82, 2.24) is 0 Å². The van der Waals surface area contributed by atoms with Crippen LogP contribution in [0.15, 0.2) is 285 Å². The van der Waals surface area contributed by atoms with Gasteiger partial charge in [0.05, 0.1) is 0 Å². The lowest BCUT2D eigenvalue weighted by Gasteiger charge is -2.35. The molecule has 0 saturated carbocycles. The van der Waals surface area contributed by atoms with Crippen LogP contribution < -0.4 is 35.7 Å². The molecule has 87 heavy (non-hydrogen) atoms. The zero-order valence-corrected chi connectivity index (χ0v) is 49.9. The lowest BCUT2D eigenvalue weighted by atomic mass is 9.35. The third-order valence-corrected chi connectivity index (χ3v) is 17.6. The van der Waals surface area contributed by atoms with Crippen LogP contribution in [0, 0.1) is 0 Å². The quantitative estimate of drug-likeness (QED) is 0.101. The van der Waals surface area contributed by atoms with Gasteiger partial charge >= 0.3 is 0 Å². The Bertz CT molecular complexity index is 4440. The van der Waals surface area contributed by atoms with E-state index in [1.165, 1.54) is 54.9 Å². The molecule has 4 nitrogen and oxygen atoms in total. The normalized spacial score (nSPS) is 12.4. The summed E-state index contributed by atoms with van der Waals surface area (Å²) >= 11 is 0. The number of ether oxygens (including phenoxy) is 2.